The van der Waals surface area contributed by atoms with Crippen LogP contribution in [0.4, 0.5) is 4.79 Å². The smallest absolute Gasteiger partial charge is 0.408 e. The van der Waals surface area contributed by atoms with Gasteiger partial charge in [-0.05, 0) is 25.0 Å². The Labute approximate surface area is 118 Å². The first-order valence-electron chi connectivity index (χ1n) is 7.15. The Bertz CT molecular complexity index is 599. The molecule has 1 aliphatic heterocycles. The first kappa shape index (κ1) is 12.9. The van der Waals surface area contributed by atoms with Gasteiger partial charge in [0.2, 0.25) is 0 Å². The molecule has 0 saturated carbocycles. The number of ether oxygens (including phenoxy) is 1. The molecule has 0 bridgehead atoms. The van der Waals surface area contributed by atoms with E-state index in [0.29, 0.717) is 5.75 Å². The molecule has 1 fully saturated rings. The van der Waals surface area contributed by atoms with E-state index >= 15 is 0 Å². The van der Waals surface area contributed by atoms with Crippen LogP contribution >= 0.6 is 0 Å². The molecule has 0 N–H and O–H groups in total. The fourth-order valence-corrected chi connectivity index (χ4v) is 2.57. The number of aromatic nitrogens is 1. The number of fused-ring (bicyclic) bond motifs is 1. The normalized spacial score (nSPS) is 15.9. The third-order valence-electron chi connectivity index (χ3n) is 3.66. The zero-order valence-corrected chi connectivity index (χ0v) is 11.4. The number of hydrogen-bond acceptors (Lipinski definition) is 3. The van der Waals surface area contributed by atoms with Crippen molar-refractivity contribution in [3.8, 4) is 5.75 Å². The van der Waals surface area contributed by atoms with Crippen LogP contribution < -0.4 is 4.74 Å². The lowest BCUT2D eigenvalue weighted by Crippen LogP contribution is -2.34. The maximum atomic E-state index is 12.2. The third kappa shape index (κ3) is 2.74. The Morgan fingerprint density at radius 3 is 2.60 bits per heavy atom. The summed E-state index contributed by atoms with van der Waals surface area (Å²) in [6.07, 6.45) is 5.96. The molecule has 0 radical (unpaired) electrons. The predicted octanol–water partition coefficient (Wildman–Crippen LogP) is 3.61. The Hall–Kier alpha value is -2.10. The van der Waals surface area contributed by atoms with Gasteiger partial charge in [-0.2, -0.15) is 0 Å². The first-order chi connectivity index (χ1) is 9.84. The molecule has 1 amide bonds. The molecule has 2 aromatic rings. The highest BCUT2D eigenvalue weighted by atomic mass is 16.6. The second-order valence-electron chi connectivity index (χ2n) is 5.10. The summed E-state index contributed by atoms with van der Waals surface area (Å²) in [5.74, 6) is 0.539. The van der Waals surface area contributed by atoms with E-state index < -0.39 is 0 Å². The van der Waals surface area contributed by atoms with Gasteiger partial charge in [-0.15, -0.1) is 0 Å². The molecule has 0 spiro atoms. The van der Waals surface area contributed by atoms with E-state index in [4.69, 9.17) is 4.74 Å². The molecule has 1 aromatic heterocycles. The number of benzene rings is 1. The zero-order valence-electron chi connectivity index (χ0n) is 11.4. The van der Waals surface area contributed by atoms with Crippen molar-refractivity contribution in [2.75, 3.05) is 13.1 Å². The van der Waals surface area contributed by atoms with E-state index in [1.165, 1.54) is 12.8 Å². The molecule has 4 nitrogen and oxygen atoms in total. The molecule has 0 unspecified atom stereocenters. The number of hydrogen-bond donors (Lipinski definition) is 0. The summed E-state index contributed by atoms with van der Waals surface area (Å²) in [6.45, 7) is 1.58. The van der Waals surface area contributed by atoms with Crippen LogP contribution in [0.2, 0.25) is 0 Å². The molecule has 1 aliphatic rings. The van der Waals surface area contributed by atoms with Gasteiger partial charge in [0.05, 0.1) is 0 Å². The number of nitrogens with zero attached hydrogens (tertiary/aromatic N) is 2. The van der Waals surface area contributed by atoms with Crippen molar-refractivity contribution >= 4 is 17.0 Å². The molecular formula is C16H18N2O2. The lowest BCUT2D eigenvalue weighted by molar-refractivity contribution is 0.154. The van der Waals surface area contributed by atoms with E-state index in [0.717, 1.165) is 36.8 Å². The summed E-state index contributed by atoms with van der Waals surface area (Å²) >= 11 is 0. The van der Waals surface area contributed by atoms with Crippen LogP contribution in [0.25, 0.3) is 10.9 Å². The maximum absolute atomic E-state index is 12.2. The summed E-state index contributed by atoms with van der Waals surface area (Å²) in [6, 6.07) is 9.49. The van der Waals surface area contributed by atoms with Gasteiger partial charge in [-0.1, -0.05) is 31.0 Å². The minimum absolute atomic E-state index is 0.259. The Morgan fingerprint density at radius 1 is 1.05 bits per heavy atom. The van der Waals surface area contributed by atoms with Crippen LogP contribution in [0.15, 0.2) is 36.5 Å². The monoisotopic (exact) mass is 270 g/mol. The molecular weight excluding hydrogens is 252 g/mol. The van der Waals surface area contributed by atoms with Gasteiger partial charge < -0.3 is 9.64 Å². The fraction of sp³-hybridized carbons (Fsp3) is 0.375. The van der Waals surface area contributed by atoms with Crippen LogP contribution in [0, 0.1) is 0 Å². The average molecular weight is 270 g/mol. The van der Waals surface area contributed by atoms with E-state index in [1.54, 1.807) is 17.2 Å². The number of carbonyl (C=O) groups excluding carboxylic acids is 1. The van der Waals surface area contributed by atoms with Crippen molar-refractivity contribution in [3.05, 3.63) is 36.5 Å². The lowest BCUT2D eigenvalue weighted by atomic mass is 10.2. The molecule has 0 atom stereocenters. The first-order valence-corrected chi connectivity index (χ1v) is 7.15. The van der Waals surface area contributed by atoms with Crippen LogP contribution in [0.3, 0.4) is 0 Å². The van der Waals surface area contributed by atoms with Crippen molar-refractivity contribution in [2.24, 2.45) is 0 Å². The van der Waals surface area contributed by atoms with E-state index in [-0.39, 0.29) is 6.09 Å². The second kappa shape index (κ2) is 5.90. The lowest BCUT2D eigenvalue weighted by Gasteiger charge is -2.19. The van der Waals surface area contributed by atoms with Gasteiger partial charge in [0, 0.05) is 24.7 Å². The number of para-hydroxylation sites is 1. The van der Waals surface area contributed by atoms with Crippen LogP contribution in [-0.2, 0) is 0 Å². The van der Waals surface area contributed by atoms with E-state index in [2.05, 4.69) is 4.98 Å². The van der Waals surface area contributed by atoms with Crippen molar-refractivity contribution in [1.82, 2.24) is 9.88 Å². The van der Waals surface area contributed by atoms with Gasteiger partial charge in [0.25, 0.3) is 0 Å². The third-order valence-corrected chi connectivity index (χ3v) is 3.66. The van der Waals surface area contributed by atoms with Crippen molar-refractivity contribution in [3.63, 3.8) is 0 Å². The maximum Gasteiger partial charge on any atom is 0.415 e. The predicted molar refractivity (Wildman–Crippen MR) is 77.8 cm³/mol. The highest BCUT2D eigenvalue weighted by Gasteiger charge is 2.18. The number of carbonyl (C=O) groups is 1. The molecule has 2 heterocycles. The van der Waals surface area contributed by atoms with Crippen molar-refractivity contribution < 1.29 is 9.53 Å². The van der Waals surface area contributed by atoms with Crippen LogP contribution in [0.5, 0.6) is 5.75 Å². The van der Waals surface area contributed by atoms with Gasteiger partial charge in [-0.25, -0.2) is 4.79 Å². The van der Waals surface area contributed by atoms with Crippen molar-refractivity contribution in [2.45, 2.75) is 25.7 Å². The zero-order chi connectivity index (χ0) is 13.8. The average Bonchev–Trinajstić information content (AvgIpc) is 2.77. The second-order valence-corrected chi connectivity index (χ2v) is 5.10. The SMILES string of the molecule is O=C(Oc1cccc2cccnc12)N1CCCCCC1. The van der Waals surface area contributed by atoms with Crippen molar-refractivity contribution in [1.29, 1.82) is 0 Å². The summed E-state index contributed by atoms with van der Waals surface area (Å²) in [5, 5.41) is 0.980. The number of pyridine rings is 1. The van der Waals surface area contributed by atoms with E-state index in [9.17, 15) is 4.79 Å². The number of likely N-dealkylation sites (tertiary alicyclic amines) is 1. The molecule has 20 heavy (non-hydrogen) atoms. The Balaban J connectivity index is 1.80. The van der Waals surface area contributed by atoms with Gasteiger partial charge >= 0.3 is 6.09 Å². The molecule has 1 saturated heterocycles. The Morgan fingerprint density at radius 2 is 1.80 bits per heavy atom. The van der Waals surface area contributed by atoms with Crippen LogP contribution in [0.1, 0.15) is 25.7 Å². The minimum Gasteiger partial charge on any atom is -0.408 e. The quantitative estimate of drug-likeness (QED) is 0.795. The summed E-state index contributed by atoms with van der Waals surface area (Å²) < 4.78 is 5.55. The molecule has 1 aromatic carbocycles. The summed E-state index contributed by atoms with van der Waals surface area (Å²) in [4.78, 5) is 18.3. The molecule has 0 aliphatic carbocycles. The number of amides is 1. The van der Waals surface area contributed by atoms with Crippen LogP contribution in [-0.4, -0.2) is 29.1 Å². The molecule has 4 heteroatoms. The highest BCUT2D eigenvalue weighted by Crippen LogP contribution is 2.24. The van der Waals surface area contributed by atoms with Gasteiger partial charge in [0.15, 0.2) is 5.75 Å². The minimum atomic E-state index is -0.259. The number of rotatable bonds is 1. The van der Waals surface area contributed by atoms with E-state index in [1.807, 2.05) is 24.3 Å². The molecule has 104 valence electrons. The standard InChI is InChI=1S/C16H18N2O2/c19-16(18-11-3-1-2-4-12-18)20-14-9-5-7-13-8-6-10-17-15(13)14/h5-10H,1-4,11-12H2. The fourth-order valence-electron chi connectivity index (χ4n) is 2.57. The summed E-state index contributed by atoms with van der Waals surface area (Å²) in [5.41, 5.74) is 0.734. The highest BCUT2D eigenvalue weighted by molar-refractivity contribution is 5.86. The van der Waals surface area contributed by atoms with Gasteiger partial charge in [-0.3, -0.25) is 4.98 Å². The van der Waals surface area contributed by atoms with Gasteiger partial charge in [0.1, 0.15) is 5.52 Å². The Kier molecular flexibility index (Phi) is 3.81. The molecule has 3 rings (SSSR count). The topological polar surface area (TPSA) is 42.4 Å². The largest absolute Gasteiger partial charge is 0.415 e. The summed E-state index contributed by atoms with van der Waals surface area (Å²) in [7, 11) is 0.